The van der Waals surface area contributed by atoms with E-state index in [4.69, 9.17) is 0 Å². The Morgan fingerprint density at radius 3 is 2.78 bits per heavy atom. The van der Waals surface area contributed by atoms with E-state index in [-0.39, 0.29) is 5.91 Å². The van der Waals surface area contributed by atoms with Crippen molar-refractivity contribution in [3.63, 3.8) is 0 Å². The van der Waals surface area contributed by atoms with Crippen molar-refractivity contribution in [1.29, 1.82) is 0 Å². The van der Waals surface area contributed by atoms with Gasteiger partial charge in [-0.25, -0.2) is 4.98 Å². The van der Waals surface area contributed by atoms with E-state index in [2.05, 4.69) is 42.2 Å². The highest BCUT2D eigenvalue weighted by Crippen LogP contribution is 2.12. The molecule has 1 aromatic carbocycles. The minimum atomic E-state index is -0.113. The summed E-state index contributed by atoms with van der Waals surface area (Å²) in [5.74, 6) is -0.113. The topological polar surface area (TPSA) is 42.0 Å². The molecule has 0 radical (unpaired) electrons. The number of nitrogens with one attached hydrogen (secondary N) is 1. The van der Waals surface area contributed by atoms with Gasteiger partial charge in [-0.2, -0.15) is 0 Å². The molecule has 0 spiro atoms. The number of hydrogen-bond acceptors (Lipinski definition) is 2. The average molecular weight is 370 g/mol. The highest BCUT2D eigenvalue weighted by atomic mass is 79.9. The SMILES string of the molecule is O=C(NCc1cccc(Br)c1)c1ccnc(Br)c1. The van der Waals surface area contributed by atoms with Crippen molar-refractivity contribution >= 4 is 37.8 Å². The fourth-order valence-electron chi connectivity index (χ4n) is 1.48. The Hall–Kier alpha value is -1.20. The van der Waals surface area contributed by atoms with Gasteiger partial charge in [0.25, 0.3) is 5.91 Å². The van der Waals surface area contributed by atoms with E-state index < -0.39 is 0 Å². The van der Waals surface area contributed by atoms with Crippen molar-refractivity contribution in [3.8, 4) is 0 Å². The molecule has 0 fully saturated rings. The third-order valence-electron chi connectivity index (χ3n) is 2.33. The molecule has 18 heavy (non-hydrogen) atoms. The number of carbonyl (C=O) groups is 1. The molecule has 0 aliphatic heterocycles. The van der Waals surface area contributed by atoms with Crippen LogP contribution >= 0.6 is 31.9 Å². The molecule has 2 rings (SSSR count). The number of halogens is 2. The summed E-state index contributed by atoms with van der Waals surface area (Å²) in [6.45, 7) is 0.498. The Kier molecular flexibility index (Phi) is 4.49. The first-order valence-electron chi connectivity index (χ1n) is 5.29. The Labute approximate surface area is 122 Å². The number of carbonyl (C=O) groups excluding carboxylic acids is 1. The molecule has 1 aromatic heterocycles. The maximum atomic E-state index is 11.9. The minimum absolute atomic E-state index is 0.113. The first kappa shape index (κ1) is 13.2. The van der Waals surface area contributed by atoms with Gasteiger partial charge in [-0.3, -0.25) is 4.79 Å². The lowest BCUT2D eigenvalue weighted by molar-refractivity contribution is 0.0950. The molecule has 0 unspecified atom stereocenters. The standard InChI is InChI=1S/C13H10Br2N2O/c14-11-3-1-2-9(6-11)8-17-13(18)10-4-5-16-12(15)7-10/h1-7H,8H2,(H,17,18). The molecular formula is C13H10Br2N2O. The maximum absolute atomic E-state index is 11.9. The normalized spacial score (nSPS) is 10.1. The van der Waals surface area contributed by atoms with Gasteiger partial charge in [0.05, 0.1) is 0 Å². The second kappa shape index (κ2) is 6.11. The van der Waals surface area contributed by atoms with E-state index in [0.29, 0.717) is 16.7 Å². The predicted molar refractivity (Wildman–Crippen MR) is 77.2 cm³/mol. The monoisotopic (exact) mass is 368 g/mol. The second-order valence-electron chi connectivity index (χ2n) is 3.68. The molecule has 0 bridgehead atoms. The van der Waals surface area contributed by atoms with Gasteiger partial charge in [-0.15, -0.1) is 0 Å². The first-order chi connectivity index (χ1) is 8.65. The molecule has 0 saturated carbocycles. The summed E-state index contributed by atoms with van der Waals surface area (Å²) in [4.78, 5) is 15.9. The molecule has 1 heterocycles. The van der Waals surface area contributed by atoms with Gasteiger partial charge in [-0.1, -0.05) is 28.1 Å². The van der Waals surface area contributed by atoms with Gasteiger partial charge < -0.3 is 5.32 Å². The van der Waals surface area contributed by atoms with Crippen molar-refractivity contribution in [1.82, 2.24) is 10.3 Å². The summed E-state index contributed by atoms with van der Waals surface area (Å²) in [6, 6.07) is 11.2. The zero-order valence-corrected chi connectivity index (χ0v) is 12.5. The van der Waals surface area contributed by atoms with Gasteiger partial charge in [0, 0.05) is 22.8 Å². The predicted octanol–water partition coefficient (Wildman–Crippen LogP) is 3.54. The van der Waals surface area contributed by atoms with E-state index in [0.717, 1.165) is 10.0 Å². The molecule has 2 aromatic rings. The maximum Gasteiger partial charge on any atom is 0.251 e. The lowest BCUT2D eigenvalue weighted by Gasteiger charge is -2.06. The van der Waals surface area contributed by atoms with Crippen LogP contribution in [0.1, 0.15) is 15.9 Å². The molecule has 92 valence electrons. The van der Waals surface area contributed by atoms with Gasteiger partial charge >= 0.3 is 0 Å². The summed E-state index contributed by atoms with van der Waals surface area (Å²) >= 11 is 6.64. The van der Waals surface area contributed by atoms with Crippen molar-refractivity contribution in [2.75, 3.05) is 0 Å². The number of aromatic nitrogens is 1. The number of hydrogen-bond donors (Lipinski definition) is 1. The van der Waals surface area contributed by atoms with Crippen LogP contribution in [0.3, 0.4) is 0 Å². The Bertz CT molecular complexity index is 572. The lowest BCUT2D eigenvalue weighted by Crippen LogP contribution is -2.22. The Morgan fingerprint density at radius 2 is 2.06 bits per heavy atom. The van der Waals surface area contributed by atoms with Crippen LogP contribution in [0.5, 0.6) is 0 Å². The van der Waals surface area contributed by atoms with Crippen LogP contribution in [0.4, 0.5) is 0 Å². The second-order valence-corrected chi connectivity index (χ2v) is 5.41. The van der Waals surface area contributed by atoms with Crippen LogP contribution in [-0.2, 0) is 6.54 Å². The van der Waals surface area contributed by atoms with E-state index in [1.807, 2.05) is 24.3 Å². The van der Waals surface area contributed by atoms with Crippen LogP contribution in [0.15, 0.2) is 51.7 Å². The molecule has 1 N–H and O–H groups in total. The molecule has 5 heteroatoms. The molecule has 3 nitrogen and oxygen atoms in total. The molecule has 0 aliphatic carbocycles. The molecule has 0 atom stereocenters. The van der Waals surface area contributed by atoms with E-state index in [9.17, 15) is 4.79 Å². The quantitative estimate of drug-likeness (QED) is 0.841. The number of benzene rings is 1. The smallest absolute Gasteiger partial charge is 0.251 e. The summed E-state index contributed by atoms with van der Waals surface area (Å²) < 4.78 is 1.65. The number of pyridine rings is 1. The summed E-state index contributed by atoms with van der Waals surface area (Å²) in [5, 5.41) is 2.86. The zero-order valence-electron chi connectivity index (χ0n) is 9.36. The van der Waals surface area contributed by atoms with Crippen LogP contribution in [0, 0.1) is 0 Å². The van der Waals surface area contributed by atoms with Crippen LogP contribution in [0.25, 0.3) is 0 Å². The lowest BCUT2D eigenvalue weighted by atomic mass is 10.2. The minimum Gasteiger partial charge on any atom is -0.348 e. The van der Waals surface area contributed by atoms with E-state index >= 15 is 0 Å². The molecular weight excluding hydrogens is 360 g/mol. The fourth-order valence-corrected chi connectivity index (χ4v) is 2.29. The van der Waals surface area contributed by atoms with Crippen LogP contribution in [-0.4, -0.2) is 10.9 Å². The summed E-state index contributed by atoms with van der Waals surface area (Å²) in [5.41, 5.74) is 1.64. The molecule has 0 aliphatic rings. The van der Waals surface area contributed by atoms with Gasteiger partial charge in [0.2, 0.25) is 0 Å². The molecule has 0 saturated heterocycles. The number of nitrogens with zero attached hydrogens (tertiary/aromatic N) is 1. The number of amides is 1. The highest BCUT2D eigenvalue weighted by molar-refractivity contribution is 9.10. The number of rotatable bonds is 3. The Balaban J connectivity index is 2.00. The first-order valence-corrected chi connectivity index (χ1v) is 6.88. The highest BCUT2D eigenvalue weighted by Gasteiger charge is 2.05. The van der Waals surface area contributed by atoms with Crippen molar-refractivity contribution < 1.29 is 4.79 Å². The van der Waals surface area contributed by atoms with E-state index in [1.54, 1.807) is 18.3 Å². The fraction of sp³-hybridized carbons (Fsp3) is 0.0769. The van der Waals surface area contributed by atoms with Gasteiger partial charge in [0.15, 0.2) is 0 Å². The van der Waals surface area contributed by atoms with Gasteiger partial charge in [-0.05, 0) is 45.8 Å². The third kappa shape index (κ3) is 3.65. The summed E-state index contributed by atoms with van der Waals surface area (Å²) in [6.07, 6.45) is 1.60. The van der Waals surface area contributed by atoms with Crippen LogP contribution < -0.4 is 5.32 Å². The van der Waals surface area contributed by atoms with Gasteiger partial charge in [0.1, 0.15) is 4.60 Å². The third-order valence-corrected chi connectivity index (χ3v) is 3.26. The van der Waals surface area contributed by atoms with Crippen LogP contribution in [0.2, 0.25) is 0 Å². The van der Waals surface area contributed by atoms with Crippen molar-refractivity contribution in [2.45, 2.75) is 6.54 Å². The Morgan fingerprint density at radius 1 is 1.22 bits per heavy atom. The largest absolute Gasteiger partial charge is 0.348 e. The van der Waals surface area contributed by atoms with Crippen molar-refractivity contribution in [2.24, 2.45) is 0 Å². The summed E-state index contributed by atoms with van der Waals surface area (Å²) in [7, 11) is 0. The molecule has 1 amide bonds. The zero-order chi connectivity index (χ0) is 13.0. The average Bonchev–Trinajstić information content (AvgIpc) is 2.36. The van der Waals surface area contributed by atoms with E-state index in [1.165, 1.54) is 0 Å². The van der Waals surface area contributed by atoms with Crippen molar-refractivity contribution in [3.05, 3.63) is 62.8 Å².